The maximum atomic E-state index is 5.14. The van der Waals surface area contributed by atoms with Crippen LogP contribution in [-0.2, 0) is 4.74 Å². The topological polar surface area (TPSA) is 12.5 Å². The number of hydrogen-bond donors (Lipinski definition) is 0. The van der Waals surface area contributed by atoms with Crippen molar-refractivity contribution in [3.8, 4) is 0 Å². The Hall–Kier alpha value is 0.880. The molecule has 1 aliphatic rings. The third-order valence-corrected chi connectivity index (χ3v) is 1.98. The van der Waals surface area contributed by atoms with Crippen molar-refractivity contribution in [2.45, 2.75) is 0 Å². The second-order valence-electron chi connectivity index (χ2n) is 1.85. The van der Waals surface area contributed by atoms with Gasteiger partial charge in [0.05, 0.1) is 18.7 Å². The van der Waals surface area contributed by atoms with Gasteiger partial charge in [-0.2, -0.15) is 0 Å². The first kappa shape index (κ1) is 9.88. The molecule has 0 aliphatic carbocycles. The highest BCUT2D eigenvalue weighted by atomic mass is 79.9. The molecule has 1 fully saturated rings. The van der Waals surface area contributed by atoms with Crippen molar-refractivity contribution in [3.63, 3.8) is 0 Å². The molecular weight excluding hydrogens is 250 g/mol. The van der Waals surface area contributed by atoms with E-state index in [1.165, 1.54) is 0 Å². The molecule has 0 bridgehead atoms. The molecule has 2 nitrogen and oxygen atoms in total. The third kappa shape index (κ3) is 3.55. The van der Waals surface area contributed by atoms with Crippen molar-refractivity contribution in [1.82, 2.24) is 4.90 Å². The minimum absolute atomic E-state index is 0. The van der Waals surface area contributed by atoms with E-state index in [-0.39, 0.29) is 17.0 Å². The van der Waals surface area contributed by atoms with Crippen molar-refractivity contribution in [2.75, 3.05) is 31.8 Å². The Bertz CT molecular complexity index is 66.0. The Labute approximate surface area is 74.4 Å². The third-order valence-electron chi connectivity index (χ3n) is 1.27. The summed E-state index contributed by atoms with van der Waals surface area (Å²) in [5, 5.41) is 0. The van der Waals surface area contributed by atoms with E-state index in [1.807, 2.05) is 0 Å². The van der Waals surface area contributed by atoms with Gasteiger partial charge >= 0.3 is 0 Å². The van der Waals surface area contributed by atoms with Crippen LogP contribution in [0.25, 0.3) is 0 Å². The van der Waals surface area contributed by atoms with Crippen LogP contribution in [0.2, 0.25) is 0 Å². The Morgan fingerprint density at radius 3 is 2.22 bits per heavy atom. The summed E-state index contributed by atoms with van der Waals surface area (Å²) >= 11 is 3.38. The quantitative estimate of drug-likeness (QED) is 0.520. The van der Waals surface area contributed by atoms with Crippen LogP contribution >= 0.6 is 32.9 Å². The van der Waals surface area contributed by atoms with Crippen LogP contribution in [0.15, 0.2) is 0 Å². The molecule has 1 saturated heterocycles. The van der Waals surface area contributed by atoms with E-state index in [4.69, 9.17) is 4.74 Å². The van der Waals surface area contributed by atoms with E-state index in [9.17, 15) is 0 Å². The molecule has 0 N–H and O–H groups in total. The summed E-state index contributed by atoms with van der Waals surface area (Å²) < 4.78 is 5.14. The van der Waals surface area contributed by atoms with Crippen molar-refractivity contribution in [1.29, 1.82) is 0 Å². The molecule has 9 heavy (non-hydrogen) atoms. The van der Waals surface area contributed by atoms with Crippen molar-refractivity contribution in [2.24, 2.45) is 0 Å². The summed E-state index contributed by atoms with van der Waals surface area (Å²) in [5.41, 5.74) is 0.982. The maximum absolute atomic E-state index is 5.14. The summed E-state index contributed by atoms with van der Waals surface area (Å²) in [6.07, 6.45) is 0. The smallest absolute Gasteiger partial charge is 0.0594 e. The van der Waals surface area contributed by atoms with Gasteiger partial charge in [-0.05, 0) is 0 Å². The average molecular weight is 261 g/mol. The second-order valence-corrected chi connectivity index (χ2v) is 2.35. The van der Waals surface area contributed by atoms with E-state index in [1.54, 1.807) is 0 Å². The first-order valence-corrected chi connectivity index (χ1v) is 3.91. The largest absolute Gasteiger partial charge is 0.379 e. The van der Waals surface area contributed by atoms with E-state index >= 15 is 0 Å². The fourth-order valence-corrected chi connectivity index (χ4v) is 1.22. The van der Waals surface area contributed by atoms with Crippen LogP contribution in [-0.4, -0.2) is 36.7 Å². The molecule has 0 atom stereocenters. The molecule has 1 rings (SSSR count). The summed E-state index contributed by atoms with van der Waals surface area (Å²) in [5.74, 6) is 0. The van der Waals surface area contributed by atoms with Crippen LogP contribution in [0.4, 0.5) is 0 Å². The second kappa shape index (κ2) is 5.65. The fraction of sp³-hybridized carbons (Fsp3) is 1.00. The van der Waals surface area contributed by atoms with Crippen molar-refractivity contribution in [3.05, 3.63) is 0 Å². The molecule has 4 heteroatoms. The number of morpholine rings is 1. The predicted octanol–water partition coefficient (Wildman–Crippen LogP) is 1.25. The van der Waals surface area contributed by atoms with Gasteiger partial charge in [-0.3, -0.25) is 4.90 Å². The number of halogens is 2. The molecule has 1 heterocycles. The molecule has 0 saturated carbocycles. The summed E-state index contributed by atoms with van der Waals surface area (Å²) in [7, 11) is 0. The minimum Gasteiger partial charge on any atom is -0.379 e. The Morgan fingerprint density at radius 1 is 1.33 bits per heavy atom. The zero-order valence-electron chi connectivity index (χ0n) is 5.18. The highest BCUT2D eigenvalue weighted by Crippen LogP contribution is 1.97. The van der Waals surface area contributed by atoms with E-state index < -0.39 is 0 Å². The average Bonchev–Trinajstić information content (AvgIpc) is 1.90. The predicted molar refractivity (Wildman–Crippen MR) is 46.5 cm³/mol. The zero-order chi connectivity index (χ0) is 5.82. The lowest BCUT2D eigenvalue weighted by Crippen LogP contribution is -2.34. The molecule has 0 spiro atoms. The maximum Gasteiger partial charge on any atom is 0.0594 e. The molecule has 0 aromatic carbocycles. The molecule has 0 aromatic rings. The minimum atomic E-state index is 0. The zero-order valence-corrected chi connectivity index (χ0v) is 8.48. The highest BCUT2D eigenvalue weighted by molar-refractivity contribution is 9.09. The van der Waals surface area contributed by atoms with Gasteiger partial charge in [0.1, 0.15) is 0 Å². The van der Waals surface area contributed by atoms with Crippen molar-refractivity contribution >= 4 is 32.9 Å². The number of ether oxygens (including phenoxy) is 1. The van der Waals surface area contributed by atoms with Crippen LogP contribution in [0, 0.1) is 0 Å². The van der Waals surface area contributed by atoms with E-state index in [0.29, 0.717) is 0 Å². The monoisotopic (exact) mass is 259 g/mol. The van der Waals surface area contributed by atoms with Gasteiger partial charge < -0.3 is 4.74 Å². The SMILES string of the molecule is Br.BrCN1CCOCC1. The summed E-state index contributed by atoms with van der Waals surface area (Å²) in [4.78, 5) is 2.31. The lowest BCUT2D eigenvalue weighted by atomic mass is 10.5. The van der Waals surface area contributed by atoms with Gasteiger partial charge in [-0.1, -0.05) is 15.9 Å². The summed E-state index contributed by atoms with van der Waals surface area (Å²) in [6, 6.07) is 0. The number of nitrogens with zero attached hydrogens (tertiary/aromatic N) is 1. The Morgan fingerprint density at radius 2 is 1.89 bits per heavy atom. The normalized spacial score (nSPS) is 21.0. The summed E-state index contributed by atoms with van der Waals surface area (Å²) in [6.45, 7) is 3.94. The molecule has 0 radical (unpaired) electrons. The van der Waals surface area contributed by atoms with Crippen LogP contribution in [0.3, 0.4) is 0 Å². The van der Waals surface area contributed by atoms with Gasteiger partial charge in [0.2, 0.25) is 0 Å². The van der Waals surface area contributed by atoms with E-state index in [2.05, 4.69) is 20.8 Å². The van der Waals surface area contributed by atoms with Crippen molar-refractivity contribution < 1.29 is 4.74 Å². The standard InChI is InChI=1S/C5H10BrNO.BrH/c6-5-7-1-3-8-4-2-7;/h1-5H2;1H. The first-order valence-electron chi connectivity index (χ1n) is 2.79. The molecular formula is C5H11Br2NO. The first-order chi connectivity index (χ1) is 3.93. The van der Waals surface area contributed by atoms with Gasteiger partial charge in [-0.15, -0.1) is 17.0 Å². The molecule has 56 valence electrons. The lowest BCUT2D eigenvalue weighted by molar-refractivity contribution is 0.0480. The highest BCUT2D eigenvalue weighted by Gasteiger charge is 2.06. The number of alkyl halides is 1. The van der Waals surface area contributed by atoms with Crippen LogP contribution in [0.1, 0.15) is 0 Å². The van der Waals surface area contributed by atoms with E-state index in [0.717, 1.165) is 31.8 Å². The molecule has 0 unspecified atom stereocenters. The number of hydrogen-bond acceptors (Lipinski definition) is 2. The molecule has 0 amide bonds. The molecule has 1 aliphatic heterocycles. The van der Waals surface area contributed by atoms with Gasteiger partial charge in [0, 0.05) is 13.1 Å². The van der Waals surface area contributed by atoms with Gasteiger partial charge in [-0.25, -0.2) is 0 Å². The van der Waals surface area contributed by atoms with Crippen LogP contribution < -0.4 is 0 Å². The number of rotatable bonds is 1. The molecule has 0 aromatic heterocycles. The Balaban J connectivity index is 0.000000640. The lowest BCUT2D eigenvalue weighted by Gasteiger charge is -2.23. The van der Waals surface area contributed by atoms with Crippen LogP contribution in [0.5, 0.6) is 0 Å². The Kier molecular flexibility index (Phi) is 6.20. The fourth-order valence-electron chi connectivity index (χ4n) is 0.721. The van der Waals surface area contributed by atoms with Gasteiger partial charge in [0.25, 0.3) is 0 Å². The van der Waals surface area contributed by atoms with Gasteiger partial charge in [0.15, 0.2) is 0 Å².